The molecule has 0 aromatic heterocycles. The lowest BCUT2D eigenvalue weighted by Gasteiger charge is -2.34. The van der Waals surface area contributed by atoms with Crippen molar-refractivity contribution in [2.24, 2.45) is 5.92 Å². The largest absolute Gasteiger partial charge is 0.490 e. The van der Waals surface area contributed by atoms with E-state index < -0.39 is 0 Å². The molecule has 0 saturated heterocycles. The Labute approximate surface area is 133 Å². The van der Waals surface area contributed by atoms with Crippen molar-refractivity contribution in [3.05, 3.63) is 35.4 Å². The molecule has 0 unspecified atom stereocenters. The van der Waals surface area contributed by atoms with E-state index in [2.05, 4.69) is 29.6 Å². The van der Waals surface area contributed by atoms with Crippen LogP contribution < -0.4 is 14.8 Å². The summed E-state index contributed by atoms with van der Waals surface area (Å²) in [6.07, 6.45) is 9.36. The Kier molecular flexibility index (Phi) is 5.04. The molecule has 0 bridgehead atoms. The topological polar surface area (TPSA) is 30.5 Å². The number of hydrogen-bond acceptors (Lipinski definition) is 3. The Balaban J connectivity index is 1.94. The number of nitrogens with one attached hydrogen (secondary N) is 1. The van der Waals surface area contributed by atoms with Crippen LogP contribution in [-0.4, -0.2) is 19.8 Å². The zero-order valence-electron chi connectivity index (χ0n) is 13.7. The molecule has 120 valence electrons. The van der Waals surface area contributed by atoms with Crippen molar-refractivity contribution in [1.82, 2.24) is 5.32 Å². The number of ether oxygens (including phenoxy) is 2. The molecule has 0 saturated carbocycles. The number of fused-ring (bicyclic) bond motifs is 1. The second-order valence-corrected chi connectivity index (χ2v) is 6.09. The van der Waals surface area contributed by atoms with Gasteiger partial charge in [0.25, 0.3) is 0 Å². The van der Waals surface area contributed by atoms with Gasteiger partial charge in [0.05, 0.1) is 13.2 Å². The second-order valence-electron chi connectivity index (χ2n) is 6.09. The van der Waals surface area contributed by atoms with Gasteiger partial charge in [-0.05, 0) is 75.3 Å². The molecular formula is C19H27NO2. The van der Waals surface area contributed by atoms with Gasteiger partial charge in [-0.25, -0.2) is 0 Å². The molecule has 22 heavy (non-hydrogen) atoms. The summed E-state index contributed by atoms with van der Waals surface area (Å²) in [6, 6.07) is 4.87. The van der Waals surface area contributed by atoms with Gasteiger partial charge in [-0.1, -0.05) is 12.2 Å². The van der Waals surface area contributed by atoms with Crippen LogP contribution in [0.5, 0.6) is 11.5 Å². The lowest BCUT2D eigenvalue weighted by Crippen LogP contribution is -2.35. The summed E-state index contributed by atoms with van der Waals surface area (Å²) in [5.74, 6) is 2.48. The van der Waals surface area contributed by atoms with Crippen molar-refractivity contribution in [2.75, 3.05) is 19.8 Å². The standard InChI is InChI=1S/C19H27NO2/c1-3-21-17-12-15-10-11-20-19(14-8-6-5-7-9-14)16(15)13-18(17)22-4-2/h5-6,12-14,19-20H,3-4,7-11H2,1-2H3/t14-,19+/m0/s1. The van der Waals surface area contributed by atoms with Crippen LogP contribution in [0.15, 0.2) is 24.3 Å². The first-order valence-corrected chi connectivity index (χ1v) is 8.64. The predicted molar refractivity (Wildman–Crippen MR) is 89.7 cm³/mol. The Morgan fingerprint density at radius 1 is 1.09 bits per heavy atom. The van der Waals surface area contributed by atoms with Crippen LogP contribution in [0.2, 0.25) is 0 Å². The summed E-state index contributed by atoms with van der Waals surface area (Å²) in [5.41, 5.74) is 2.84. The molecule has 0 fully saturated rings. The van der Waals surface area contributed by atoms with E-state index in [1.54, 1.807) is 0 Å². The first kappa shape index (κ1) is 15.4. The molecule has 2 atom stereocenters. The first-order chi connectivity index (χ1) is 10.8. The molecule has 1 aliphatic heterocycles. The minimum Gasteiger partial charge on any atom is -0.490 e. The van der Waals surface area contributed by atoms with Gasteiger partial charge in [0.1, 0.15) is 0 Å². The molecule has 3 rings (SSSR count). The molecule has 3 nitrogen and oxygen atoms in total. The highest BCUT2D eigenvalue weighted by atomic mass is 16.5. The molecular weight excluding hydrogens is 274 g/mol. The van der Waals surface area contributed by atoms with Crippen molar-refractivity contribution in [3.63, 3.8) is 0 Å². The Morgan fingerprint density at radius 2 is 1.86 bits per heavy atom. The monoisotopic (exact) mass is 301 g/mol. The van der Waals surface area contributed by atoms with E-state index in [0.29, 0.717) is 25.2 Å². The molecule has 0 radical (unpaired) electrons. The van der Waals surface area contributed by atoms with E-state index in [9.17, 15) is 0 Å². The minimum atomic E-state index is 0.448. The maximum atomic E-state index is 5.82. The summed E-state index contributed by atoms with van der Waals surface area (Å²) < 4.78 is 11.6. The summed E-state index contributed by atoms with van der Waals surface area (Å²) in [6.45, 7) is 6.44. The highest BCUT2D eigenvalue weighted by Gasteiger charge is 2.29. The maximum Gasteiger partial charge on any atom is 0.161 e. The van der Waals surface area contributed by atoms with Gasteiger partial charge in [0, 0.05) is 6.04 Å². The molecule has 0 spiro atoms. The fourth-order valence-corrected chi connectivity index (χ4v) is 3.67. The fourth-order valence-electron chi connectivity index (χ4n) is 3.67. The normalized spacial score (nSPS) is 23.9. The molecule has 2 aliphatic rings. The molecule has 1 aromatic carbocycles. The highest BCUT2D eigenvalue weighted by Crippen LogP contribution is 2.40. The number of rotatable bonds is 5. The maximum absolute atomic E-state index is 5.82. The third-order valence-corrected chi connectivity index (χ3v) is 4.68. The van der Waals surface area contributed by atoms with E-state index in [-0.39, 0.29) is 0 Å². The average Bonchev–Trinajstić information content (AvgIpc) is 2.56. The van der Waals surface area contributed by atoms with Crippen molar-refractivity contribution in [2.45, 2.75) is 45.6 Å². The van der Waals surface area contributed by atoms with Crippen LogP contribution in [-0.2, 0) is 6.42 Å². The van der Waals surface area contributed by atoms with Gasteiger partial charge < -0.3 is 14.8 Å². The number of benzene rings is 1. The summed E-state index contributed by atoms with van der Waals surface area (Å²) in [5, 5.41) is 3.74. The lowest BCUT2D eigenvalue weighted by molar-refractivity contribution is 0.282. The first-order valence-electron chi connectivity index (χ1n) is 8.64. The predicted octanol–water partition coefficient (Wildman–Crippen LogP) is 4.03. The Morgan fingerprint density at radius 3 is 2.55 bits per heavy atom. The molecule has 1 aromatic rings. The summed E-state index contributed by atoms with van der Waals surface area (Å²) in [7, 11) is 0. The number of allylic oxidation sites excluding steroid dienone is 2. The second kappa shape index (κ2) is 7.19. The third kappa shape index (κ3) is 3.14. The zero-order valence-corrected chi connectivity index (χ0v) is 13.7. The highest BCUT2D eigenvalue weighted by molar-refractivity contribution is 5.49. The van der Waals surface area contributed by atoms with Gasteiger partial charge in [-0.15, -0.1) is 0 Å². The Hall–Kier alpha value is -1.48. The van der Waals surface area contributed by atoms with Gasteiger partial charge in [-0.3, -0.25) is 0 Å². The van der Waals surface area contributed by atoms with Crippen molar-refractivity contribution < 1.29 is 9.47 Å². The van der Waals surface area contributed by atoms with Crippen molar-refractivity contribution >= 4 is 0 Å². The zero-order chi connectivity index (χ0) is 15.4. The fraction of sp³-hybridized carbons (Fsp3) is 0.579. The van der Waals surface area contributed by atoms with Crippen molar-refractivity contribution in [3.8, 4) is 11.5 Å². The van der Waals surface area contributed by atoms with E-state index in [1.165, 1.54) is 30.4 Å². The third-order valence-electron chi connectivity index (χ3n) is 4.68. The minimum absolute atomic E-state index is 0.448. The Bertz CT molecular complexity index is 538. The molecule has 1 N–H and O–H groups in total. The summed E-state index contributed by atoms with van der Waals surface area (Å²) >= 11 is 0. The van der Waals surface area contributed by atoms with E-state index in [0.717, 1.165) is 24.5 Å². The van der Waals surface area contributed by atoms with Crippen LogP contribution in [0.25, 0.3) is 0 Å². The molecule has 1 aliphatic carbocycles. The van der Waals surface area contributed by atoms with Crippen LogP contribution in [0.4, 0.5) is 0 Å². The van der Waals surface area contributed by atoms with Gasteiger partial charge >= 0.3 is 0 Å². The summed E-state index contributed by atoms with van der Waals surface area (Å²) in [4.78, 5) is 0. The van der Waals surface area contributed by atoms with Gasteiger partial charge in [0.2, 0.25) is 0 Å². The lowest BCUT2D eigenvalue weighted by atomic mass is 9.80. The smallest absolute Gasteiger partial charge is 0.161 e. The molecule has 1 heterocycles. The number of hydrogen-bond donors (Lipinski definition) is 1. The van der Waals surface area contributed by atoms with Crippen LogP contribution in [0.1, 0.15) is 50.3 Å². The van der Waals surface area contributed by atoms with E-state index in [4.69, 9.17) is 9.47 Å². The molecule has 0 amide bonds. The molecule has 3 heteroatoms. The average molecular weight is 301 g/mol. The quantitative estimate of drug-likeness (QED) is 0.833. The SMILES string of the molecule is CCOc1cc2c(cc1OCC)[C@@H]([C@H]1CC=CCC1)NCC2. The van der Waals surface area contributed by atoms with E-state index in [1.807, 2.05) is 13.8 Å². The van der Waals surface area contributed by atoms with Crippen molar-refractivity contribution in [1.29, 1.82) is 0 Å². The van der Waals surface area contributed by atoms with Gasteiger partial charge in [-0.2, -0.15) is 0 Å². The van der Waals surface area contributed by atoms with Crippen LogP contribution in [0.3, 0.4) is 0 Å². The van der Waals surface area contributed by atoms with E-state index >= 15 is 0 Å². The van der Waals surface area contributed by atoms with Crippen LogP contribution >= 0.6 is 0 Å². The van der Waals surface area contributed by atoms with Crippen LogP contribution in [0, 0.1) is 5.92 Å². The van der Waals surface area contributed by atoms with Gasteiger partial charge in [0.15, 0.2) is 11.5 Å².